The van der Waals surface area contributed by atoms with Crippen molar-refractivity contribution in [1.29, 1.82) is 0 Å². The van der Waals surface area contributed by atoms with E-state index in [-0.39, 0.29) is 23.8 Å². The van der Waals surface area contributed by atoms with Crippen LogP contribution >= 0.6 is 0 Å². The summed E-state index contributed by atoms with van der Waals surface area (Å²) < 4.78 is 13.4. The molecule has 1 aromatic carbocycles. The maximum atomic E-state index is 13.4. The average Bonchev–Trinajstić information content (AvgIpc) is 3.61. The number of rotatable bonds is 9. The van der Waals surface area contributed by atoms with Gasteiger partial charge in [-0.15, -0.1) is 0 Å². The molecule has 40 heavy (non-hydrogen) atoms. The van der Waals surface area contributed by atoms with Crippen molar-refractivity contribution in [3.8, 4) is 22.9 Å². The van der Waals surface area contributed by atoms with Crippen LogP contribution in [0.25, 0.3) is 16.9 Å². The molecule has 0 saturated heterocycles. The number of aryl methyl sites for hydroxylation is 1. The van der Waals surface area contributed by atoms with Gasteiger partial charge in [-0.3, -0.25) is 9.59 Å². The van der Waals surface area contributed by atoms with Gasteiger partial charge in [0.05, 0.1) is 30.8 Å². The van der Waals surface area contributed by atoms with Gasteiger partial charge in [-0.1, -0.05) is 31.0 Å². The predicted molar refractivity (Wildman–Crippen MR) is 151 cm³/mol. The number of fused-ring (bicyclic) bond motifs is 1. The van der Waals surface area contributed by atoms with Gasteiger partial charge in [-0.05, 0) is 56.9 Å². The van der Waals surface area contributed by atoms with E-state index in [0.717, 1.165) is 11.3 Å². The van der Waals surface area contributed by atoms with Gasteiger partial charge < -0.3 is 20.1 Å². The molecule has 1 aliphatic carbocycles. The molecule has 5 rings (SSSR count). The first-order valence-electron chi connectivity index (χ1n) is 13.5. The first kappa shape index (κ1) is 27.1. The average molecular weight is 543 g/mol. The van der Waals surface area contributed by atoms with Crippen molar-refractivity contribution in [2.45, 2.75) is 59.1 Å². The fourth-order valence-corrected chi connectivity index (χ4v) is 5.19. The molecule has 208 valence electrons. The van der Waals surface area contributed by atoms with E-state index in [1.54, 1.807) is 28.9 Å². The number of nitrogens with one attached hydrogen (secondary N) is 2. The van der Waals surface area contributed by atoms with Crippen LogP contribution in [0.3, 0.4) is 0 Å². The number of benzene rings is 1. The second-order valence-electron chi connectivity index (χ2n) is 10.2. The van der Waals surface area contributed by atoms with Crippen molar-refractivity contribution in [3.63, 3.8) is 0 Å². The summed E-state index contributed by atoms with van der Waals surface area (Å²) >= 11 is 0. The number of carbonyl (C=O) groups is 2. The SMILES string of the molecule is COc1nc(C)c(-c2ccc3nc(NC(C)=O)cn3n2)cc1C(=O)NCc1ccccc1OC(C)C1CCCC1. The summed E-state index contributed by atoms with van der Waals surface area (Å²) in [5.74, 6) is 1.45. The maximum Gasteiger partial charge on any atom is 0.257 e. The summed E-state index contributed by atoms with van der Waals surface area (Å²) in [6.45, 7) is 5.68. The van der Waals surface area contributed by atoms with E-state index in [1.807, 2.05) is 31.2 Å². The predicted octanol–water partition coefficient (Wildman–Crippen LogP) is 4.95. The third-order valence-corrected chi connectivity index (χ3v) is 7.30. The van der Waals surface area contributed by atoms with Gasteiger partial charge in [0.1, 0.15) is 11.3 Å². The Kier molecular flexibility index (Phi) is 7.95. The van der Waals surface area contributed by atoms with E-state index in [0.29, 0.717) is 46.4 Å². The van der Waals surface area contributed by atoms with Crippen molar-refractivity contribution in [2.75, 3.05) is 12.4 Å². The number of ether oxygens (including phenoxy) is 2. The van der Waals surface area contributed by atoms with Crippen LogP contribution in [0.5, 0.6) is 11.6 Å². The van der Waals surface area contributed by atoms with Gasteiger partial charge in [0.25, 0.3) is 5.91 Å². The molecule has 0 spiro atoms. The minimum atomic E-state index is -0.319. The quantitative estimate of drug-likeness (QED) is 0.307. The summed E-state index contributed by atoms with van der Waals surface area (Å²) in [7, 11) is 1.49. The second-order valence-corrected chi connectivity index (χ2v) is 10.2. The highest BCUT2D eigenvalue weighted by molar-refractivity contribution is 5.97. The Hall–Kier alpha value is -4.47. The molecule has 0 radical (unpaired) electrons. The van der Waals surface area contributed by atoms with Crippen molar-refractivity contribution in [1.82, 2.24) is 24.9 Å². The number of imidazole rings is 1. The van der Waals surface area contributed by atoms with Crippen LogP contribution in [0, 0.1) is 12.8 Å². The Morgan fingerprint density at radius 1 is 1.12 bits per heavy atom. The molecule has 0 aliphatic heterocycles. The van der Waals surface area contributed by atoms with Crippen molar-refractivity contribution >= 4 is 23.3 Å². The van der Waals surface area contributed by atoms with Crippen LogP contribution in [0.4, 0.5) is 5.82 Å². The Balaban J connectivity index is 1.37. The number of methoxy groups -OCH3 is 1. The molecule has 1 fully saturated rings. The molecule has 10 heteroatoms. The number of nitrogens with zero attached hydrogens (tertiary/aromatic N) is 4. The van der Waals surface area contributed by atoms with Crippen molar-refractivity contribution < 1.29 is 19.1 Å². The van der Waals surface area contributed by atoms with Crippen molar-refractivity contribution in [3.05, 3.63) is 65.5 Å². The molecule has 10 nitrogen and oxygen atoms in total. The topological polar surface area (TPSA) is 120 Å². The number of anilines is 1. The van der Waals surface area contributed by atoms with E-state index < -0.39 is 0 Å². The smallest absolute Gasteiger partial charge is 0.257 e. The highest BCUT2D eigenvalue weighted by Gasteiger charge is 2.24. The maximum absolute atomic E-state index is 13.4. The summed E-state index contributed by atoms with van der Waals surface area (Å²) in [4.78, 5) is 33.7. The Labute approximate surface area is 233 Å². The number of amides is 2. The molecule has 4 aromatic rings. The summed E-state index contributed by atoms with van der Waals surface area (Å²) in [6.07, 6.45) is 6.66. The Bertz CT molecular complexity index is 1540. The van der Waals surface area contributed by atoms with E-state index in [1.165, 1.54) is 39.7 Å². The minimum Gasteiger partial charge on any atom is -0.490 e. The Morgan fingerprint density at radius 2 is 1.90 bits per heavy atom. The van der Waals surface area contributed by atoms with E-state index in [2.05, 4.69) is 32.6 Å². The third kappa shape index (κ3) is 5.90. The van der Waals surface area contributed by atoms with Gasteiger partial charge in [0.2, 0.25) is 11.8 Å². The lowest BCUT2D eigenvalue weighted by molar-refractivity contribution is -0.114. The minimum absolute atomic E-state index is 0.123. The zero-order chi connectivity index (χ0) is 28.2. The standard InChI is InChI=1S/C30H34N6O4/c1-18-23(25-13-14-28-34-27(33-20(3)37)17-36(28)35-25)15-24(30(32-18)39-4)29(38)31-16-22-11-7-8-12-26(22)40-19(2)21-9-5-6-10-21/h7-8,11-15,17,19,21H,5-6,9-10,16H2,1-4H3,(H,31,38)(H,33,37). The fraction of sp³-hybridized carbons (Fsp3) is 0.367. The monoisotopic (exact) mass is 542 g/mol. The lowest BCUT2D eigenvalue weighted by Crippen LogP contribution is -2.25. The number of hydrogen-bond acceptors (Lipinski definition) is 7. The molecule has 3 heterocycles. The number of hydrogen-bond donors (Lipinski definition) is 2. The van der Waals surface area contributed by atoms with Crippen LogP contribution in [-0.2, 0) is 11.3 Å². The zero-order valence-corrected chi connectivity index (χ0v) is 23.2. The van der Waals surface area contributed by atoms with Crippen LogP contribution in [0.1, 0.15) is 61.1 Å². The number of pyridine rings is 1. The molecular formula is C30H34N6O4. The summed E-state index contributed by atoms with van der Waals surface area (Å²) in [6, 6.07) is 13.1. The van der Waals surface area contributed by atoms with E-state index in [4.69, 9.17) is 9.47 Å². The molecule has 1 atom stereocenters. The molecule has 2 amide bonds. The first-order chi connectivity index (χ1) is 19.3. The molecule has 1 unspecified atom stereocenters. The van der Waals surface area contributed by atoms with Gasteiger partial charge in [-0.2, -0.15) is 5.10 Å². The lowest BCUT2D eigenvalue weighted by Gasteiger charge is -2.22. The summed E-state index contributed by atoms with van der Waals surface area (Å²) in [5, 5.41) is 10.3. The highest BCUT2D eigenvalue weighted by Crippen LogP contribution is 2.31. The molecule has 2 N–H and O–H groups in total. The first-order valence-corrected chi connectivity index (χ1v) is 13.5. The fourth-order valence-electron chi connectivity index (χ4n) is 5.19. The van der Waals surface area contributed by atoms with Crippen LogP contribution in [0.15, 0.2) is 48.7 Å². The van der Waals surface area contributed by atoms with Crippen LogP contribution in [-0.4, -0.2) is 44.6 Å². The molecule has 1 saturated carbocycles. The van der Waals surface area contributed by atoms with Gasteiger partial charge in [0.15, 0.2) is 11.5 Å². The van der Waals surface area contributed by atoms with Gasteiger partial charge >= 0.3 is 0 Å². The molecular weight excluding hydrogens is 508 g/mol. The van der Waals surface area contributed by atoms with Crippen molar-refractivity contribution in [2.24, 2.45) is 5.92 Å². The summed E-state index contributed by atoms with van der Waals surface area (Å²) in [5.41, 5.74) is 3.71. The zero-order valence-electron chi connectivity index (χ0n) is 23.2. The normalized spacial score (nSPS) is 14.2. The third-order valence-electron chi connectivity index (χ3n) is 7.30. The van der Waals surface area contributed by atoms with Crippen LogP contribution < -0.4 is 20.1 Å². The van der Waals surface area contributed by atoms with Gasteiger partial charge in [0, 0.05) is 24.6 Å². The van der Waals surface area contributed by atoms with E-state index >= 15 is 0 Å². The Morgan fingerprint density at radius 3 is 2.65 bits per heavy atom. The van der Waals surface area contributed by atoms with E-state index in [9.17, 15) is 9.59 Å². The molecule has 0 bridgehead atoms. The molecule has 1 aliphatic rings. The van der Waals surface area contributed by atoms with Crippen LogP contribution in [0.2, 0.25) is 0 Å². The molecule has 3 aromatic heterocycles. The largest absolute Gasteiger partial charge is 0.490 e. The number of carbonyl (C=O) groups excluding carboxylic acids is 2. The second kappa shape index (κ2) is 11.7. The number of aromatic nitrogens is 4. The highest BCUT2D eigenvalue weighted by atomic mass is 16.5. The number of para-hydroxylation sites is 1. The van der Waals surface area contributed by atoms with Gasteiger partial charge in [-0.25, -0.2) is 14.5 Å². The lowest BCUT2D eigenvalue weighted by atomic mass is 10.0.